The summed E-state index contributed by atoms with van der Waals surface area (Å²) in [5, 5.41) is 8.17. The Hall–Kier alpha value is 0.608. The summed E-state index contributed by atoms with van der Waals surface area (Å²) in [6.07, 6.45) is 1.83. The van der Waals surface area contributed by atoms with Gasteiger partial charge >= 0.3 is 21.1 Å². The van der Waals surface area contributed by atoms with Gasteiger partial charge in [0, 0.05) is 6.10 Å². The van der Waals surface area contributed by atoms with Crippen molar-refractivity contribution in [3.63, 3.8) is 0 Å². The molecular weight excluding hydrogens is 298 g/mol. The van der Waals surface area contributed by atoms with Crippen LogP contribution < -0.4 is 0 Å². The van der Waals surface area contributed by atoms with Crippen molar-refractivity contribution in [1.29, 1.82) is 0 Å². The van der Waals surface area contributed by atoms with Crippen LogP contribution in [0.4, 0.5) is 0 Å². The molecule has 0 rings (SSSR count). The minimum atomic E-state index is -0.449. The Labute approximate surface area is 78.5 Å². The minimum absolute atomic E-state index is 0. The van der Waals surface area contributed by atoms with Crippen molar-refractivity contribution >= 4 is 0 Å². The van der Waals surface area contributed by atoms with E-state index in [9.17, 15) is 0 Å². The van der Waals surface area contributed by atoms with Gasteiger partial charge in [-0.1, -0.05) is 13.3 Å². The van der Waals surface area contributed by atoms with Crippen molar-refractivity contribution < 1.29 is 26.2 Å². The molecule has 10 heavy (non-hydrogen) atoms. The Morgan fingerprint density at radius 2 is 1.80 bits per heavy atom. The van der Waals surface area contributed by atoms with E-state index in [0.29, 0.717) is 0 Å². The molecule has 0 fully saturated rings. The molecule has 0 heterocycles. The fourth-order valence-electron chi connectivity index (χ4n) is 0. The van der Waals surface area contributed by atoms with Gasteiger partial charge in [0.25, 0.3) is 0 Å². The van der Waals surface area contributed by atoms with Gasteiger partial charge in [0.2, 0.25) is 0 Å². The maximum atomic E-state index is 8.17. The second-order valence-corrected chi connectivity index (χ2v) is 1.91. The van der Waals surface area contributed by atoms with E-state index in [2.05, 4.69) is 13.8 Å². The number of unbranched alkanes of at least 4 members (excludes halogenated alkanes) is 1. The molecule has 0 saturated carbocycles. The molecule has 0 aromatic carbocycles. The summed E-state index contributed by atoms with van der Waals surface area (Å²) in [7, 11) is 0. The van der Waals surface area contributed by atoms with Gasteiger partial charge < -0.3 is 17.8 Å². The summed E-state index contributed by atoms with van der Waals surface area (Å²) in [5.41, 5.74) is 6.41. The van der Waals surface area contributed by atoms with E-state index in [1.165, 1.54) is 6.42 Å². The fraction of sp³-hybridized carbons (Fsp3) is 0.857. The number of hydrogen-bond donors (Lipinski definition) is 1. The fourth-order valence-corrected chi connectivity index (χ4v) is 0. The number of aliphatic hydroxyl groups excluding tert-OH is 1. The summed E-state index contributed by atoms with van der Waals surface area (Å²) in [4.78, 5) is 0. The smallest absolute Gasteiger partial charge is 0.675 e. The molecule has 0 bridgehead atoms. The van der Waals surface area contributed by atoms with E-state index in [-0.39, 0.29) is 27.6 Å². The first-order valence-corrected chi connectivity index (χ1v) is 3.30. The van der Waals surface area contributed by atoms with Gasteiger partial charge in [-0.3, -0.25) is 0 Å². The van der Waals surface area contributed by atoms with Crippen LogP contribution in [0, 0.1) is 6.92 Å². The van der Waals surface area contributed by atoms with Crippen molar-refractivity contribution in [2.75, 3.05) is 6.54 Å². The zero-order valence-electron chi connectivity index (χ0n) is 6.76. The van der Waals surface area contributed by atoms with E-state index < -0.39 is 6.10 Å². The van der Waals surface area contributed by atoms with Crippen LogP contribution in [0.2, 0.25) is 0 Å². The molecular formula is C7H17NOW. The molecule has 0 aromatic rings. The standard InChI is InChI=1S/C4H9.C3H8NO.W/c1-3-4-2;1-3(5)2-4;/h1,3-4H2,2H3;3-5H,2H2,1H3;/q2*-1;+2. The molecule has 3 heteroatoms. The van der Waals surface area contributed by atoms with Crippen molar-refractivity contribution in [3.05, 3.63) is 12.7 Å². The Bertz CT molecular complexity index is 40.6. The van der Waals surface area contributed by atoms with Gasteiger partial charge in [0.1, 0.15) is 0 Å². The summed E-state index contributed by atoms with van der Waals surface area (Å²) >= 11 is 0. The van der Waals surface area contributed by atoms with Crippen LogP contribution in [-0.2, 0) is 21.1 Å². The van der Waals surface area contributed by atoms with Gasteiger partial charge in [-0.2, -0.15) is 6.42 Å². The van der Waals surface area contributed by atoms with Crippen LogP contribution >= 0.6 is 0 Å². The van der Waals surface area contributed by atoms with E-state index in [0.717, 1.165) is 6.42 Å². The minimum Gasteiger partial charge on any atom is -0.675 e. The molecule has 0 aliphatic rings. The molecule has 1 unspecified atom stereocenters. The third-order valence-corrected chi connectivity index (χ3v) is 0.649. The molecule has 0 aromatic heterocycles. The van der Waals surface area contributed by atoms with Crippen LogP contribution in [-0.4, -0.2) is 17.8 Å². The van der Waals surface area contributed by atoms with Crippen molar-refractivity contribution in [2.45, 2.75) is 32.8 Å². The van der Waals surface area contributed by atoms with Crippen molar-refractivity contribution in [2.24, 2.45) is 0 Å². The quantitative estimate of drug-likeness (QED) is 0.779. The SMILES string of the molecule is CC(O)C[NH-].[CH2-]CCC.[W+2]. The number of nitrogens with one attached hydrogen (secondary N) is 1. The first kappa shape index (κ1) is 16.9. The molecule has 0 aliphatic heterocycles. The Morgan fingerprint density at radius 1 is 1.60 bits per heavy atom. The number of rotatable bonds is 2. The molecule has 62 valence electrons. The predicted octanol–water partition coefficient (Wildman–Crippen LogP) is 2.04. The topological polar surface area (TPSA) is 44.0 Å². The molecule has 0 saturated heterocycles. The van der Waals surface area contributed by atoms with E-state index >= 15 is 0 Å². The average Bonchev–Trinajstić information content (AvgIpc) is 1.89. The molecule has 0 aliphatic carbocycles. The van der Waals surface area contributed by atoms with Crippen LogP contribution in [0.15, 0.2) is 0 Å². The van der Waals surface area contributed by atoms with Gasteiger partial charge in [0.15, 0.2) is 0 Å². The molecule has 0 radical (unpaired) electrons. The second kappa shape index (κ2) is 16.3. The van der Waals surface area contributed by atoms with Crippen LogP contribution in [0.25, 0.3) is 5.73 Å². The molecule has 0 spiro atoms. The monoisotopic (exact) mass is 315 g/mol. The van der Waals surface area contributed by atoms with Crippen LogP contribution in [0.1, 0.15) is 26.7 Å². The van der Waals surface area contributed by atoms with Gasteiger partial charge in [0.05, 0.1) is 0 Å². The largest absolute Gasteiger partial charge is 2.00 e. The number of hydrogen-bond acceptors (Lipinski definition) is 1. The van der Waals surface area contributed by atoms with Crippen molar-refractivity contribution in [3.8, 4) is 0 Å². The van der Waals surface area contributed by atoms with Gasteiger partial charge in [-0.15, -0.1) is 6.54 Å². The van der Waals surface area contributed by atoms with E-state index in [4.69, 9.17) is 10.8 Å². The van der Waals surface area contributed by atoms with Gasteiger partial charge in [-0.05, 0) is 6.92 Å². The van der Waals surface area contributed by atoms with Gasteiger partial charge in [-0.25, -0.2) is 0 Å². The Balaban J connectivity index is -0.0000000910. The first-order chi connectivity index (χ1) is 4.18. The Morgan fingerprint density at radius 3 is 1.80 bits per heavy atom. The number of aliphatic hydroxyl groups is 1. The first-order valence-electron chi connectivity index (χ1n) is 3.30. The third kappa shape index (κ3) is 38.3. The van der Waals surface area contributed by atoms with Crippen LogP contribution in [0.5, 0.6) is 0 Å². The third-order valence-electron chi connectivity index (χ3n) is 0.649. The molecule has 0 amide bonds. The molecule has 1 atom stereocenters. The summed E-state index contributed by atoms with van der Waals surface area (Å²) in [5.74, 6) is 0. The summed E-state index contributed by atoms with van der Waals surface area (Å²) in [6, 6.07) is 0. The van der Waals surface area contributed by atoms with Crippen molar-refractivity contribution in [1.82, 2.24) is 0 Å². The maximum Gasteiger partial charge on any atom is 2.00 e. The zero-order valence-corrected chi connectivity index (χ0v) is 9.69. The molecule has 2 N–H and O–H groups in total. The average molecular weight is 315 g/mol. The predicted molar refractivity (Wildman–Crippen MR) is 41.1 cm³/mol. The second-order valence-electron chi connectivity index (χ2n) is 1.91. The normalized spacial score (nSPS) is 10.5. The van der Waals surface area contributed by atoms with E-state index in [1.54, 1.807) is 6.92 Å². The van der Waals surface area contributed by atoms with E-state index in [1.807, 2.05) is 0 Å². The maximum absolute atomic E-state index is 8.17. The zero-order chi connectivity index (χ0) is 7.70. The molecule has 2 nitrogen and oxygen atoms in total. The Kier molecular flexibility index (Phi) is 27.6. The van der Waals surface area contributed by atoms with Crippen LogP contribution in [0.3, 0.4) is 0 Å². The summed E-state index contributed by atoms with van der Waals surface area (Å²) < 4.78 is 0. The summed E-state index contributed by atoms with van der Waals surface area (Å²) in [6.45, 7) is 7.42.